The van der Waals surface area contributed by atoms with E-state index in [0.717, 1.165) is 11.8 Å². The Morgan fingerprint density at radius 2 is 1.79 bits per heavy atom. The van der Waals surface area contributed by atoms with Crippen LogP contribution in [0.3, 0.4) is 0 Å². The number of hydrogen-bond donors (Lipinski definition) is 0. The molecule has 0 N–H and O–H groups in total. The minimum absolute atomic E-state index is 0.00438. The normalized spacial score (nSPS) is 10.6. The average molecular weight is 386 g/mol. The number of rotatable bonds is 5. The summed E-state index contributed by atoms with van der Waals surface area (Å²) in [6.45, 7) is -0.00438. The van der Waals surface area contributed by atoms with E-state index in [2.05, 4.69) is 9.84 Å². The highest BCUT2D eigenvalue weighted by atomic mass is 19.1. The van der Waals surface area contributed by atoms with Crippen molar-refractivity contribution in [2.75, 3.05) is 14.2 Å². The van der Waals surface area contributed by atoms with E-state index in [0.29, 0.717) is 11.1 Å². The quantitative estimate of drug-likeness (QED) is 0.631. The topological polar surface area (TPSA) is 70.4 Å². The van der Waals surface area contributed by atoms with E-state index in [-0.39, 0.29) is 23.6 Å². The number of carbonyl (C=O) groups excluding carboxylic acids is 1. The molecule has 1 aromatic heterocycles. The lowest BCUT2D eigenvalue weighted by atomic mass is 10.1. The van der Waals surface area contributed by atoms with Crippen LogP contribution in [0.1, 0.15) is 15.9 Å². The predicted molar refractivity (Wildman–Crippen MR) is 97.3 cm³/mol. The van der Waals surface area contributed by atoms with Crippen LogP contribution >= 0.6 is 0 Å². The molecule has 0 atom stereocenters. The van der Waals surface area contributed by atoms with Gasteiger partial charge in [-0.25, -0.2) is 18.3 Å². The third-order valence-electron chi connectivity index (χ3n) is 4.07. The first-order chi connectivity index (χ1) is 13.4. The summed E-state index contributed by atoms with van der Waals surface area (Å²) in [6, 6.07) is 10.9. The van der Waals surface area contributed by atoms with E-state index >= 15 is 0 Å². The summed E-state index contributed by atoms with van der Waals surface area (Å²) in [7, 11) is 2.49. The number of methoxy groups -OCH3 is 2. The monoisotopic (exact) mass is 386 g/mol. The fourth-order valence-electron chi connectivity index (χ4n) is 2.63. The molecule has 0 aliphatic carbocycles. The summed E-state index contributed by atoms with van der Waals surface area (Å²) in [5, 5.41) is 4.23. The minimum atomic E-state index is -0.838. The van der Waals surface area contributed by atoms with E-state index in [1.54, 1.807) is 6.07 Å². The number of carbonyl (C=O) groups is 1. The zero-order chi connectivity index (χ0) is 20.3. The van der Waals surface area contributed by atoms with Crippen LogP contribution in [-0.2, 0) is 11.3 Å². The van der Waals surface area contributed by atoms with Gasteiger partial charge in [0, 0.05) is 5.56 Å². The van der Waals surface area contributed by atoms with Crippen molar-refractivity contribution in [2.24, 2.45) is 0 Å². The maximum absolute atomic E-state index is 14.1. The molecule has 8 heteroatoms. The van der Waals surface area contributed by atoms with Crippen LogP contribution in [0, 0.1) is 11.6 Å². The lowest BCUT2D eigenvalue weighted by molar-refractivity contribution is 0.0597. The summed E-state index contributed by atoms with van der Waals surface area (Å²) < 4.78 is 37.8. The van der Waals surface area contributed by atoms with E-state index < -0.39 is 23.2 Å². The number of halogens is 2. The van der Waals surface area contributed by atoms with Crippen LogP contribution in [-0.4, -0.2) is 30.0 Å². The standard InChI is InChI=1S/C20H16F2N2O4/c1-27-18-8-5-13(9-16(18)22)17-10-15(20(26)28-2)19(25)24(23-17)11-12-3-6-14(21)7-4-12/h3-10H,11H2,1-2H3. The second-order valence-electron chi connectivity index (χ2n) is 5.87. The Hall–Kier alpha value is -3.55. The molecular weight excluding hydrogens is 370 g/mol. The van der Waals surface area contributed by atoms with Gasteiger partial charge < -0.3 is 9.47 Å². The van der Waals surface area contributed by atoms with E-state index in [9.17, 15) is 18.4 Å². The molecule has 2 aromatic carbocycles. The van der Waals surface area contributed by atoms with E-state index in [1.165, 1.54) is 49.6 Å². The molecule has 0 aliphatic rings. The lowest BCUT2D eigenvalue weighted by Crippen LogP contribution is -2.30. The second kappa shape index (κ2) is 7.99. The first-order valence-corrected chi connectivity index (χ1v) is 8.21. The molecule has 0 bridgehead atoms. The molecule has 0 amide bonds. The second-order valence-corrected chi connectivity index (χ2v) is 5.87. The molecule has 3 rings (SSSR count). The smallest absolute Gasteiger partial charge is 0.343 e. The minimum Gasteiger partial charge on any atom is -0.494 e. The van der Waals surface area contributed by atoms with Crippen molar-refractivity contribution in [3.63, 3.8) is 0 Å². The lowest BCUT2D eigenvalue weighted by Gasteiger charge is -2.11. The summed E-state index contributed by atoms with van der Waals surface area (Å²) in [5.41, 5.74) is 0.226. The SMILES string of the molecule is COC(=O)c1cc(-c2ccc(OC)c(F)c2)nn(Cc2ccc(F)cc2)c1=O. The Morgan fingerprint density at radius 1 is 1.07 bits per heavy atom. The first-order valence-electron chi connectivity index (χ1n) is 8.21. The van der Waals surface area contributed by atoms with Gasteiger partial charge in [-0.1, -0.05) is 12.1 Å². The molecule has 0 aliphatic heterocycles. The fraction of sp³-hybridized carbons (Fsp3) is 0.150. The van der Waals surface area contributed by atoms with Crippen molar-refractivity contribution in [2.45, 2.75) is 6.54 Å². The van der Waals surface area contributed by atoms with Gasteiger partial charge in [0.1, 0.15) is 11.4 Å². The molecule has 0 unspecified atom stereocenters. The van der Waals surface area contributed by atoms with Gasteiger partial charge in [-0.3, -0.25) is 4.79 Å². The Balaban J connectivity index is 2.12. The van der Waals surface area contributed by atoms with Gasteiger partial charge in [-0.15, -0.1) is 0 Å². The molecule has 3 aromatic rings. The van der Waals surface area contributed by atoms with Crippen LogP contribution in [0.5, 0.6) is 5.75 Å². The van der Waals surface area contributed by atoms with Crippen molar-refractivity contribution in [3.8, 4) is 17.0 Å². The molecule has 1 heterocycles. The van der Waals surface area contributed by atoms with Gasteiger partial charge in [0.05, 0.1) is 26.5 Å². The van der Waals surface area contributed by atoms with E-state index in [4.69, 9.17) is 4.74 Å². The molecule has 0 saturated heterocycles. The number of ether oxygens (including phenoxy) is 2. The van der Waals surface area contributed by atoms with Crippen LogP contribution in [0.4, 0.5) is 8.78 Å². The number of hydrogen-bond acceptors (Lipinski definition) is 5. The zero-order valence-corrected chi connectivity index (χ0v) is 15.1. The van der Waals surface area contributed by atoms with Crippen LogP contribution in [0.15, 0.2) is 53.3 Å². The first kappa shape index (κ1) is 19.2. The third-order valence-corrected chi connectivity index (χ3v) is 4.07. The molecule has 0 fully saturated rings. The van der Waals surface area contributed by atoms with Gasteiger partial charge >= 0.3 is 5.97 Å². The summed E-state index contributed by atoms with van der Waals surface area (Å²) in [5.74, 6) is -1.81. The number of aromatic nitrogens is 2. The summed E-state index contributed by atoms with van der Waals surface area (Å²) in [6.07, 6.45) is 0. The third kappa shape index (κ3) is 3.90. The van der Waals surface area contributed by atoms with Crippen LogP contribution < -0.4 is 10.3 Å². The highest BCUT2D eigenvalue weighted by Crippen LogP contribution is 2.24. The average Bonchev–Trinajstić information content (AvgIpc) is 2.70. The molecule has 0 radical (unpaired) electrons. The highest BCUT2D eigenvalue weighted by molar-refractivity contribution is 5.90. The summed E-state index contributed by atoms with van der Waals surface area (Å²) >= 11 is 0. The van der Waals surface area contributed by atoms with Crippen molar-refractivity contribution in [3.05, 3.63) is 81.6 Å². The number of esters is 1. The maximum atomic E-state index is 14.1. The van der Waals surface area contributed by atoms with Gasteiger partial charge in [0.15, 0.2) is 11.6 Å². The van der Waals surface area contributed by atoms with Gasteiger partial charge in [0.2, 0.25) is 0 Å². The molecule has 28 heavy (non-hydrogen) atoms. The number of nitrogens with zero attached hydrogens (tertiary/aromatic N) is 2. The Kier molecular flexibility index (Phi) is 5.49. The molecule has 6 nitrogen and oxygen atoms in total. The Bertz CT molecular complexity index is 1080. The maximum Gasteiger partial charge on any atom is 0.343 e. The van der Waals surface area contributed by atoms with Crippen molar-refractivity contribution in [1.82, 2.24) is 9.78 Å². The Morgan fingerprint density at radius 3 is 2.39 bits per heavy atom. The zero-order valence-electron chi connectivity index (χ0n) is 15.1. The Labute approximate surface area is 159 Å². The largest absolute Gasteiger partial charge is 0.494 e. The molecule has 0 saturated carbocycles. The molecule has 144 valence electrons. The van der Waals surface area contributed by atoms with Gasteiger partial charge in [-0.2, -0.15) is 5.10 Å². The van der Waals surface area contributed by atoms with Crippen LogP contribution in [0.2, 0.25) is 0 Å². The summed E-state index contributed by atoms with van der Waals surface area (Å²) in [4.78, 5) is 24.7. The fourth-order valence-corrected chi connectivity index (χ4v) is 2.63. The van der Waals surface area contributed by atoms with Crippen molar-refractivity contribution < 1.29 is 23.0 Å². The predicted octanol–water partition coefficient (Wildman–Crippen LogP) is 3.03. The van der Waals surface area contributed by atoms with Gasteiger partial charge in [-0.05, 0) is 42.0 Å². The number of benzene rings is 2. The van der Waals surface area contributed by atoms with E-state index in [1.807, 2.05) is 0 Å². The molecule has 0 spiro atoms. The highest BCUT2D eigenvalue weighted by Gasteiger charge is 2.18. The van der Waals surface area contributed by atoms with Crippen molar-refractivity contribution in [1.29, 1.82) is 0 Å². The molecular formula is C20H16F2N2O4. The van der Waals surface area contributed by atoms with Crippen molar-refractivity contribution >= 4 is 5.97 Å². The van der Waals surface area contributed by atoms with Crippen LogP contribution in [0.25, 0.3) is 11.3 Å². The van der Waals surface area contributed by atoms with Gasteiger partial charge in [0.25, 0.3) is 5.56 Å².